The van der Waals surface area contributed by atoms with E-state index in [1.54, 1.807) is 60.7 Å². The zero-order valence-electron chi connectivity index (χ0n) is 21.7. The van der Waals surface area contributed by atoms with Crippen molar-refractivity contribution >= 4 is 22.7 Å². The number of rotatable bonds is 10. The van der Waals surface area contributed by atoms with Crippen LogP contribution in [0.2, 0.25) is 0 Å². The van der Waals surface area contributed by atoms with E-state index >= 15 is 0 Å². The van der Waals surface area contributed by atoms with E-state index in [1.807, 2.05) is 30.3 Å². The van der Waals surface area contributed by atoms with Gasteiger partial charge >= 0.3 is 5.69 Å². The van der Waals surface area contributed by atoms with Gasteiger partial charge in [0.2, 0.25) is 11.8 Å². The van der Waals surface area contributed by atoms with Gasteiger partial charge < -0.3 is 15.1 Å². The third-order valence-electron chi connectivity index (χ3n) is 6.53. The average Bonchev–Trinajstić information content (AvgIpc) is 3.50. The summed E-state index contributed by atoms with van der Waals surface area (Å²) in [7, 11) is 0. The number of carbonyl (C=O) groups is 2. The number of para-hydroxylation sites is 1. The molecule has 0 fully saturated rings. The van der Waals surface area contributed by atoms with Crippen LogP contribution in [0.25, 0.3) is 16.6 Å². The molecule has 0 aliphatic rings. The summed E-state index contributed by atoms with van der Waals surface area (Å²) in [5.74, 6) is 0.0671. The van der Waals surface area contributed by atoms with Gasteiger partial charge in [0, 0.05) is 6.54 Å². The zero-order chi connectivity index (χ0) is 27.9. The number of benzene rings is 3. The second-order valence-electron chi connectivity index (χ2n) is 9.31. The first-order valence-electron chi connectivity index (χ1n) is 12.9. The highest BCUT2D eigenvalue weighted by atomic mass is 16.3. The van der Waals surface area contributed by atoms with Crippen molar-refractivity contribution in [2.45, 2.75) is 25.9 Å². The van der Waals surface area contributed by atoms with Crippen LogP contribution in [-0.4, -0.2) is 27.5 Å². The van der Waals surface area contributed by atoms with Crippen LogP contribution in [0.1, 0.15) is 16.9 Å². The van der Waals surface area contributed by atoms with Crippen LogP contribution >= 0.6 is 0 Å². The summed E-state index contributed by atoms with van der Waals surface area (Å²) in [6, 6.07) is 26.7. The largest absolute Gasteiger partial charge is 0.467 e. The quantitative estimate of drug-likeness (QED) is 0.285. The molecule has 40 heavy (non-hydrogen) atoms. The Morgan fingerprint density at radius 1 is 0.750 bits per heavy atom. The lowest BCUT2D eigenvalue weighted by Crippen LogP contribution is -2.41. The van der Waals surface area contributed by atoms with Gasteiger partial charge in [-0.3, -0.25) is 19.0 Å². The average molecular weight is 537 g/mol. The Hall–Kier alpha value is -5.18. The van der Waals surface area contributed by atoms with Crippen molar-refractivity contribution in [3.63, 3.8) is 0 Å². The van der Waals surface area contributed by atoms with Gasteiger partial charge in [0.15, 0.2) is 0 Å². The number of carbonyl (C=O) groups excluding carboxylic acids is 2. The van der Waals surface area contributed by atoms with E-state index in [0.717, 1.165) is 22.1 Å². The van der Waals surface area contributed by atoms with Gasteiger partial charge in [0.05, 0.1) is 35.8 Å². The molecule has 202 valence electrons. The summed E-state index contributed by atoms with van der Waals surface area (Å²) in [5.41, 5.74) is 1.48. The van der Waals surface area contributed by atoms with E-state index in [0.29, 0.717) is 28.9 Å². The van der Waals surface area contributed by atoms with Crippen molar-refractivity contribution in [2.75, 3.05) is 6.54 Å². The number of nitrogens with one attached hydrogen (secondary N) is 2. The van der Waals surface area contributed by atoms with E-state index in [2.05, 4.69) is 10.6 Å². The van der Waals surface area contributed by atoms with Gasteiger partial charge in [0.1, 0.15) is 12.3 Å². The molecule has 5 aromatic rings. The second kappa shape index (κ2) is 12.1. The standard InChI is InChI=1S/C31H28N4O5/c36-28(32-17-16-22-7-2-1-3-8-22)19-23-12-14-24(15-13-23)35-30(38)26-10-4-5-11-27(26)34(31(35)39)21-29(37)33-20-25-9-6-18-40-25/h1-15,18H,16-17,19-21H2,(H,32,36)(H,33,37). The zero-order valence-corrected chi connectivity index (χ0v) is 21.7. The molecule has 2 N–H and O–H groups in total. The van der Waals surface area contributed by atoms with Crippen LogP contribution < -0.4 is 21.9 Å². The molecule has 0 spiro atoms. The van der Waals surface area contributed by atoms with Gasteiger partial charge in [0.25, 0.3) is 5.56 Å². The maximum atomic E-state index is 13.5. The third-order valence-corrected chi connectivity index (χ3v) is 6.53. The molecule has 0 aliphatic carbocycles. The fourth-order valence-corrected chi connectivity index (χ4v) is 4.50. The van der Waals surface area contributed by atoms with Crippen LogP contribution in [0.15, 0.2) is 111 Å². The molecule has 2 heterocycles. The number of furan rings is 1. The number of hydrogen-bond acceptors (Lipinski definition) is 5. The molecular weight excluding hydrogens is 508 g/mol. The van der Waals surface area contributed by atoms with Crippen molar-refractivity contribution in [3.05, 3.63) is 135 Å². The van der Waals surface area contributed by atoms with Gasteiger partial charge in [-0.25, -0.2) is 9.36 Å². The Morgan fingerprint density at radius 2 is 1.50 bits per heavy atom. The smallest absolute Gasteiger partial charge is 0.336 e. The molecule has 0 aliphatic heterocycles. The summed E-state index contributed by atoms with van der Waals surface area (Å²) >= 11 is 0. The Balaban J connectivity index is 1.33. The molecule has 3 aromatic carbocycles. The molecule has 2 amide bonds. The van der Waals surface area contributed by atoms with Crippen LogP contribution in [0.5, 0.6) is 0 Å². The van der Waals surface area contributed by atoms with Gasteiger partial charge in [-0.05, 0) is 53.9 Å². The van der Waals surface area contributed by atoms with E-state index < -0.39 is 17.2 Å². The maximum Gasteiger partial charge on any atom is 0.336 e. The number of hydrogen-bond donors (Lipinski definition) is 2. The van der Waals surface area contributed by atoms with Crippen molar-refractivity contribution in [2.24, 2.45) is 0 Å². The highest BCUT2D eigenvalue weighted by Crippen LogP contribution is 2.12. The Bertz CT molecular complexity index is 1740. The Labute approximate surface area is 229 Å². The normalized spacial score (nSPS) is 10.9. The minimum absolute atomic E-state index is 0.116. The number of aromatic nitrogens is 2. The first-order valence-corrected chi connectivity index (χ1v) is 12.9. The first kappa shape index (κ1) is 26.4. The summed E-state index contributed by atoms with van der Waals surface area (Å²) in [6.45, 7) is 0.434. The highest BCUT2D eigenvalue weighted by molar-refractivity contribution is 5.82. The molecule has 0 saturated carbocycles. The Kier molecular flexibility index (Phi) is 8.01. The number of fused-ring (bicyclic) bond motifs is 1. The highest BCUT2D eigenvalue weighted by Gasteiger charge is 2.17. The first-order chi connectivity index (χ1) is 19.5. The van der Waals surface area contributed by atoms with E-state index in [-0.39, 0.29) is 25.4 Å². The van der Waals surface area contributed by atoms with Crippen molar-refractivity contribution in [1.29, 1.82) is 0 Å². The number of amides is 2. The van der Waals surface area contributed by atoms with Gasteiger partial charge in [-0.2, -0.15) is 0 Å². The lowest BCUT2D eigenvalue weighted by molar-refractivity contribution is -0.122. The van der Waals surface area contributed by atoms with E-state index in [9.17, 15) is 19.2 Å². The topological polar surface area (TPSA) is 115 Å². The van der Waals surface area contributed by atoms with Crippen molar-refractivity contribution in [3.8, 4) is 5.69 Å². The summed E-state index contributed by atoms with van der Waals surface area (Å²) < 4.78 is 7.57. The molecular formula is C31H28N4O5. The minimum Gasteiger partial charge on any atom is -0.467 e. The molecule has 5 rings (SSSR count). The Morgan fingerprint density at radius 3 is 2.25 bits per heavy atom. The molecule has 0 bridgehead atoms. The van der Waals surface area contributed by atoms with Gasteiger partial charge in [-0.15, -0.1) is 0 Å². The third kappa shape index (κ3) is 6.10. The fourth-order valence-electron chi connectivity index (χ4n) is 4.50. The summed E-state index contributed by atoms with van der Waals surface area (Å²) in [5, 5.41) is 5.96. The predicted octanol–water partition coefficient (Wildman–Crippen LogP) is 2.96. The molecule has 9 heteroatoms. The minimum atomic E-state index is -0.636. The second-order valence-corrected chi connectivity index (χ2v) is 9.31. The molecule has 0 atom stereocenters. The monoisotopic (exact) mass is 536 g/mol. The summed E-state index contributed by atoms with van der Waals surface area (Å²) in [6.07, 6.45) is 2.42. The van der Waals surface area contributed by atoms with E-state index in [4.69, 9.17) is 4.42 Å². The van der Waals surface area contributed by atoms with Crippen LogP contribution in [0, 0.1) is 0 Å². The van der Waals surface area contributed by atoms with Crippen molar-refractivity contribution in [1.82, 2.24) is 19.8 Å². The molecule has 0 saturated heterocycles. The van der Waals surface area contributed by atoms with E-state index in [1.165, 1.54) is 10.8 Å². The molecule has 2 aromatic heterocycles. The van der Waals surface area contributed by atoms with Crippen LogP contribution in [0.3, 0.4) is 0 Å². The fraction of sp³-hybridized carbons (Fsp3) is 0.161. The lowest BCUT2D eigenvalue weighted by atomic mass is 10.1. The van der Waals surface area contributed by atoms with Crippen molar-refractivity contribution < 1.29 is 14.0 Å². The molecule has 9 nitrogen and oxygen atoms in total. The molecule has 0 unspecified atom stereocenters. The molecule has 0 radical (unpaired) electrons. The summed E-state index contributed by atoms with van der Waals surface area (Å²) in [4.78, 5) is 52.0. The number of nitrogens with zero attached hydrogens (tertiary/aromatic N) is 2. The maximum absolute atomic E-state index is 13.5. The van der Waals surface area contributed by atoms with Crippen LogP contribution in [0.4, 0.5) is 0 Å². The van der Waals surface area contributed by atoms with Crippen LogP contribution in [-0.2, 0) is 35.5 Å². The lowest BCUT2D eigenvalue weighted by Gasteiger charge is -2.14. The van der Waals surface area contributed by atoms with Gasteiger partial charge in [-0.1, -0.05) is 54.6 Å². The predicted molar refractivity (Wildman–Crippen MR) is 151 cm³/mol. The SMILES string of the molecule is O=C(Cc1ccc(-n2c(=O)c3ccccc3n(CC(=O)NCc3ccco3)c2=O)cc1)NCCc1ccccc1.